The SMILES string of the molecule is CNC(C)(CCCN1CCC(C)(C)CC1)C(N)=O. The highest BCUT2D eigenvalue weighted by Crippen LogP contribution is 2.29. The van der Waals surface area contributed by atoms with E-state index >= 15 is 0 Å². The van der Waals surface area contributed by atoms with Crippen molar-refractivity contribution < 1.29 is 4.79 Å². The number of carbonyl (C=O) groups excluding carboxylic acids is 1. The van der Waals surface area contributed by atoms with Crippen molar-refractivity contribution in [2.24, 2.45) is 11.1 Å². The van der Waals surface area contributed by atoms with Crippen LogP contribution in [-0.2, 0) is 4.79 Å². The summed E-state index contributed by atoms with van der Waals surface area (Å²) >= 11 is 0. The second kappa shape index (κ2) is 6.02. The molecule has 1 fully saturated rings. The van der Waals surface area contributed by atoms with Crippen LogP contribution in [-0.4, -0.2) is 43.0 Å². The molecule has 0 aromatic carbocycles. The molecule has 1 aliphatic heterocycles. The van der Waals surface area contributed by atoms with E-state index in [2.05, 4.69) is 24.1 Å². The van der Waals surface area contributed by atoms with Gasteiger partial charge in [-0.25, -0.2) is 0 Å². The summed E-state index contributed by atoms with van der Waals surface area (Å²) in [6.07, 6.45) is 4.36. The highest BCUT2D eigenvalue weighted by atomic mass is 16.1. The van der Waals surface area contributed by atoms with E-state index in [1.807, 2.05) is 6.92 Å². The summed E-state index contributed by atoms with van der Waals surface area (Å²) in [7, 11) is 1.80. The predicted molar refractivity (Wildman–Crippen MR) is 75.3 cm³/mol. The molecule has 3 N–H and O–H groups in total. The van der Waals surface area contributed by atoms with E-state index in [-0.39, 0.29) is 5.91 Å². The molecule has 4 heteroatoms. The third-order valence-corrected chi connectivity index (χ3v) is 4.46. The summed E-state index contributed by atoms with van der Waals surface area (Å²) in [4.78, 5) is 13.9. The number of carbonyl (C=O) groups is 1. The lowest BCUT2D eigenvalue weighted by Gasteiger charge is -2.37. The molecule has 1 unspecified atom stereocenters. The number of likely N-dealkylation sites (N-methyl/N-ethyl adjacent to an activating group) is 1. The smallest absolute Gasteiger partial charge is 0.237 e. The monoisotopic (exact) mass is 255 g/mol. The lowest BCUT2D eigenvalue weighted by molar-refractivity contribution is -0.123. The number of rotatable bonds is 6. The highest BCUT2D eigenvalue weighted by molar-refractivity contribution is 5.84. The molecule has 0 spiro atoms. The Bertz CT molecular complexity index is 281. The second-order valence-corrected chi connectivity index (χ2v) is 6.56. The van der Waals surface area contributed by atoms with Gasteiger partial charge in [-0.2, -0.15) is 0 Å². The van der Waals surface area contributed by atoms with Crippen LogP contribution in [0.2, 0.25) is 0 Å². The Morgan fingerprint density at radius 2 is 1.94 bits per heavy atom. The van der Waals surface area contributed by atoms with Crippen molar-refractivity contribution in [3.63, 3.8) is 0 Å². The molecule has 0 radical (unpaired) electrons. The van der Waals surface area contributed by atoms with Gasteiger partial charge in [-0.15, -0.1) is 0 Å². The van der Waals surface area contributed by atoms with Gasteiger partial charge >= 0.3 is 0 Å². The van der Waals surface area contributed by atoms with Gasteiger partial charge in [0.15, 0.2) is 0 Å². The third kappa shape index (κ3) is 4.25. The van der Waals surface area contributed by atoms with E-state index in [9.17, 15) is 4.79 Å². The van der Waals surface area contributed by atoms with Crippen molar-refractivity contribution in [3.05, 3.63) is 0 Å². The van der Waals surface area contributed by atoms with Gasteiger partial charge in [0.2, 0.25) is 5.91 Å². The van der Waals surface area contributed by atoms with Gasteiger partial charge in [0.05, 0.1) is 5.54 Å². The first kappa shape index (κ1) is 15.4. The molecule has 18 heavy (non-hydrogen) atoms. The average Bonchev–Trinajstić information content (AvgIpc) is 2.31. The Labute approximate surface area is 111 Å². The van der Waals surface area contributed by atoms with Crippen molar-refractivity contribution in [3.8, 4) is 0 Å². The number of nitrogens with one attached hydrogen (secondary N) is 1. The first-order chi connectivity index (χ1) is 8.29. The van der Waals surface area contributed by atoms with E-state index in [4.69, 9.17) is 5.73 Å². The summed E-state index contributed by atoms with van der Waals surface area (Å²) in [6, 6.07) is 0. The second-order valence-electron chi connectivity index (χ2n) is 6.56. The van der Waals surface area contributed by atoms with Crippen LogP contribution in [0.15, 0.2) is 0 Å². The molecule has 1 amide bonds. The van der Waals surface area contributed by atoms with Crippen molar-refractivity contribution in [1.82, 2.24) is 10.2 Å². The molecule has 0 saturated carbocycles. The van der Waals surface area contributed by atoms with Crippen LogP contribution in [0.4, 0.5) is 0 Å². The lowest BCUT2D eigenvalue weighted by Crippen LogP contribution is -2.51. The van der Waals surface area contributed by atoms with Crippen molar-refractivity contribution in [2.45, 2.75) is 52.0 Å². The molecule has 1 aliphatic rings. The molecule has 106 valence electrons. The molecule has 1 atom stereocenters. The van der Waals surface area contributed by atoms with Crippen LogP contribution in [0.1, 0.15) is 46.5 Å². The van der Waals surface area contributed by atoms with Crippen molar-refractivity contribution >= 4 is 5.91 Å². The van der Waals surface area contributed by atoms with E-state index < -0.39 is 5.54 Å². The summed E-state index contributed by atoms with van der Waals surface area (Å²) in [5, 5.41) is 3.04. The average molecular weight is 255 g/mol. The highest BCUT2D eigenvalue weighted by Gasteiger charge is 2.29. The number of nitrogens with two attached hydrogens (primary N) is 1. The minimum atomic E-state index is -0.560. The van der Waals surface area contributed by atoms with Gasteiger partial charge < -0.3 is 16.0 Å². The zero-order valence-corrected chi connectivity index (χ0v) is 12.4. The molecule has 0 bridgehead atoms. The lowest BCUT2D eigenvalue weighted by atomic mass is 9.82. The van der Waals surface area contributed by atoms with E-state index in [0.717, 1.165) is 19.4 Å². The Morgan fingerprint density at radius 3 is 2.39 bits per heavy atom. The molecule has 1 rings (SSSR count). The van der Waals surface area contributed by atoms with E-state index in [1.54, 1.807) is 7.05 Å². The fraction of sp³-hybridized carbons (Fsp3) is 0.929. The number of nitrogens with zero attached hydrogens (tertiary/aromatic N) is 1. The third-order valence-electron chi connectivity index (χ3n) is 4.46. The van der Waals surface area contributed by atoms with Crippen LogP contribution >= 0.6 is 0 Å². The number of piperidine rings is 1. The number of hydrogen-bond donors (Lipinski definition) is 2. The van der Waals surface area contributed by atoms with Crippen LogP contribution in [0.5, 0.6) is 0 Å². The van der Waals surface area contributed by atoms with Gasteiger partial charge in [0, 0.05) is 0 Å². The Morgan fingerprint density at radius 1 is 1.39 bits per heavy atom. The summed E-state index contributed by atoms with van der Waals surface area (Å²) in [5.41, 5.74) is 5.36. The summed E-state index contributed by atoms with van der Waals surface area (Å²) in [6.45, 7) is 10.00. The van der Waals surface area contributed by atoms with Crippen molar-refractivity contribution in [2.75, 3.05) is 26.7 Å². The van der Waals surface area contributed by atoms with Gasteiger partial charge in [-0.3, -0.25) is 4.79 Å². The number of likely N-dealkylation sites (tertiary alicyclic amines) is 1. The van der Waals surface area contributed by atoms with E-state index in [0.29, 0.717) is 5.41 Å². The fourth-order valence-electron chi connectivity index (χ4n) is 2.41. The quantitative estimate of drug-likeness (QED) is 0.753. The first-order valence-electron chi connectivity index (χ1n) is 7.00. The maximum absolute atomic E-state index is 11.4. The van der Waals surface area contributed by atoms with Crippen LogP contribution in [0.3, 0.4) is 0 Å². The normalized spacial score (nSPS) is 23.6. The zero-order chi connectivity index (χ0) is 13.8. The molecule has 1 saturated heterocycles. The summed E-state index contributed by atoms with van der Waals surface area (Å²) < 4.78 is 0. The minimum absolute atomic E-state index is 0.259. The van der Waals surface area contributed by atoms with Crippen LogP contribution < -0.4 is 11.1 Å². The molecular weight excluding hydrogens is 226 g/mol. The predicted octanol–water partition coefficient (Wildman–Crippen LogP) is 1.35. The maximum Gasteiger partial charge on any atom is 0.237 e. The molecule has 0 aliphatic carbocycles. The Hall–Kier alpha value is -0.610. The van der Waals surface area contributed by atoms with E-state index in [1.165, 1.54) is 25.9 Å². The Kier molecular flexibility index (Phi) is 5.17. The van der Waals surface area contributed by atoms with Gasteiger partial charge in [0.1, 0.15) is 0 Å². The number of primary amides is 1. The van der Waals surface area contributed by atoms with Gasteiger partial charge in [-0.05, 0) is 64.7 Å². The zero-order valence-electron chi connectivity index (χ0n) is 12.4. The molecule has 0 aromatic heterocycles. The van der Waals surface area contributed by atoms with Crippen LogP contribution in [0, 0.1) is 5.41 Å². The van der Waals surface area contributed by atoms with Crippen molar-refractivity contribution in [1.29, 1.82) is 0 Å². The number of amides is 1. The molecule has 0 aromatic rings. The van der Waals surface area contributed by atoms with Gasteiger partial charge in [-0.1, -0.05) is 13.8 Å². The topological polar surface area (TPSA) is 58.4 Å². The molecular formula is C14H29N3O. The standard InChI is InChI=1S/C14H29N3O/c1-13(2)7-10-17(11-8-13)9-5-6-14(3,16-4)12(15)18/h16H,5-11H2,1-4H3,(H2,15,18). The van der Waals surface area contributed by atoms with Gasteiger partial charge in [0.25, 0.3) is 0 Å². The molecule has 1 heterocycles. The minimum Gasteiger partial charge on any atom is -0.368 e. The summed E-state index contributed by atoms with van der Waals surface area (Å²) in [5.74, 6) is -0.259. The largest absolute Gasteiger partial charge is 0.368 e. The van der Waals surface area contributed by atoms with Crippen LogP contribution in [0.25, 0.3) is 0 Å². The fourth-order valence-corrected chi connectivity index (χ4v) is 2.41. The first-order valence-corrected chi connectivity index (χ1v) is 7.00. The maximum atomic E-state index is 11.4. The Balaban J connectivity index is 2.28. The molecule has 4 nitrogen and oxygen atoms in total. The number of hydrogen-bond acceptors (Lipinski definition) is 3.